The minimum Gasteiger partial charge on any atom is -0.335 e. The molecule has 5 nitrogen and oxygen atoms in total. The van der Waals surface area contributed by atoms with Gasteiger partial charge in [-0.05, 0) is 43.9 Å². The monoisotopic (exact) mass is 245 g/mol. The second-order valence-electron chi connectivity index (χ2n) is 5.00. The summed E-state index contributed by atoms with van der Waals surface area (Å²) in [5, 5.41) is 4.55. The molecule has 18 heavy (non-hydrogen) atoms. The summed E-state index contributed by atoms with van der Waals surface area (Å²) in [6.45, 7) is 3.75. The number of fused-ring (bicyclic) bond motifs is 1. The van der Waals surface area contributed by atoms with Crippen molar-refractivity contribution in [1.29, 1.82) is 0 Å². The van der Waals surface area contributed by atoms with E-state index in [0.717, 1.165) is 24.6 Å². The molecule has 1 atom stereocenters. The highest BCUT2D eigenvalue weighted by atomic mass is 15.4. The zero-order valence-corrected chi connectivity index (χ0v) is 10.7. The molecule has 1 unspecified atom stereocenters. The molecule has 3 heterocycles. The first-order valence-electron chi connectivity index (χ1n) is 6.57. The van der Waals surface area contributed by atoms with Gasteiger partial charge < -0.3 is 10.6 Å². The Morgan fingerprint density at radius 2 is 2.33 bits per heavy atom. The Hall–Kier alpha value is -1.62. The van der Waals surface area contributed by atoms with Gasteiger partial charge in [-0.1, -0.05) is 0 Å². The molecule has 0 aromatic carbocycles. The van der Waals surface area contributed by atoms with E-state index in [1.54, 1.807) is 0 Å². The maximum absolute atomic E-state index is 5.85. The van der Waals surface area contributed by atoms with Crippen molar-refractivity contribution in [3.63, 3.8) is 0 Å². The third-order valence-electron chi connectivity index (χ3n) is 3.64. The smallest absolute Gasteiger partial charge is 0.245 e. The fraction of sp³-hybridized carbons (Fsp3) is 0.538. The van der Waals surface area contributed by atoms with Gasteiger partial charge in [0, 0.05) is 25.3 Å². The van der Waals surface area contributed by atoms with Gasteiger partial charge in [0.1, 0.15) is 0 Å². The van der Waals surface area contributed by atoms with E-state index in [0.29, 0.717) is 12.6 Å². The minimum atomic E-state index is 0.386. The van der Waals surface area contributed by atoms with Crippen molar-refractivity contribution < 1.29 is 0 Å². The highest BCUT2D eigenvalue weighted by Gasteiger charge is 2.24. The van der Waals surface area contributed by atoms with Crippen molar-refractivity contribution >= 4 is 11.6 Å². The molecule has 2 aromatic rings. The van der Waals surface area contributed by atoms with E-state index in [4.69, 9.17) is 5.73 Å². The van der Waals surface area contributed by atoms with Crippen LogP contribution in [0.4, 0.5) is 5.95 Å². The molecule has 2 aromatic heterocycles. The molecule has 0 aliphatic carbocycles. The summed E-state index contributed by atoms with van der Waals surface area (Å²) in [5.41, 5.74) is 7.96. The molecule has 0 radical (unpaired) electrons. The van der Waals surface area contributed by atoms with Crippen molar-refractivity contribution in [1.82, 2.24) is 14.6 Å². The molecule has 0 amide bonds. The molecule has 1 saturated heterocycles. The first kappa shape index (κ1) is 11.5. The Morgan fingerprint density at radius 1 is 1.44 bits per heavy atom. The average molecular weight is 245 g/mol. The van der Waals surface area contributed by atoms with E-state index in [1.807, 2.05) is 16.8 Å². The van der Waals surface area contributed by atoms with Gasteiger partial charge in [-0.3, -0.25) is 0 Å². The van der Waals surface area contributed by atoms with Crippen LogP contribution in [0.2, 0.25) is 0 Å². The molecule has 3 rings (SSSR count). The van der Waals surface area contributed by atoms with Crippen molar-refractivity contribution in [2.24, 2.45) is 5.73 Å². The zero-order chi connectivity index (χ0) is 12.5. The van der Waals surface area contributed by atoms with Crippen LogP contribution in [0.15, 0.2) is 18.3 Å². The van der Waals surface area contributed by atoms with Gasteiger partial charge >= 0.3 is 0 Å². The van der Waals surface area contributed by atoms with E-state index in [-0.39, 0.29) is 0 Å². The molecule has 1 aliphatic rings. The van der Waals surface area contributed by atoms with Crippen molar-refractivity contribution in [3.8, 4) is 0 Å². The van der Waals surface area contributed by atoms with E-state index in [1.165, 1.54) is 18.4 Å². The van der Waals surface area contributed by atoms with Crippen molar-refractivity contribution in [3.05, 3.63) is 23.9 Å². The number of anilines is 1. The molecule has 5 heteroatoms. The van der Waals surface area contributed by atoms with Crippen LogP contribution in [0.25, 0.3) is 5.65 Å². The Balaban J connectivity index is 1.97. The maximum Gasteiger partial charge on any atom is 0.245 e. The predicted molar refractivity (Wildman–Crippen MR) is 71.8 cm³/mol. The molecule has 96 valence electrons. The van der Waals surface area contributed by atoms with Crippen LogP contribution in [0.5, 0.6) is 0 Å². The van der Waals surface area contributed by atoms with E-state index in [2.05, 4.69) is 28.0 Å². The van der Waals surface area contributed by atoms with E-state index >= 15 is 0 Å². The summed E-state index contributed by atoms with van der Waals surface area (Å²) in [6, 6.07) is 4.48. The number of rotatable bonds is 2. The van der Waals surface area contributed by atoms with Gasteiger partial charge in [-0.15, -0.1) is 5.10 Å². The maximum atomic E-state index is 5.85. The van der Waals surface area contributed by atoms with Gasteiger partial charge in [0.25, 0.3) is 0 Å². The number of aromatic nitrogens is 3. The normalized spacial score (nSPS) is 20.6. The third-order valence-corrected chi connectivity index (χ3v) is 3.64. The zero-order valence-electron chi connectivity index (χ0n) is 10.7. The molecule has 1 fully saturated rings. The molecule has 0 saturated carbocycles. The molecule has 0 bridgehead atoms. The lowest BCUT2D eigenvalue weighted by Crippen LogP contribution is -2.44. The highest BCUT2D eigenvalue weighted by molar-refractivity contribution is 5.47. The molecule has 2 N–H and O–H groups in total. The molecule has 0 spiro atoms. The Labute approximate surface area is 107 Å². The molecular formula is C13H19N5. The highest BCUT2D eigenvalue weighted by Crippen LogP contribution is 2.22. The van der Waals surface area contributed by atoms with Crippen molar-refractivity contribution in [2.75, 3.05) is 18.0 Å². The first-order chi connectivity index (χ1) is 8.78. The fourth-order valence-electron chi connectivity index (χ4n) is 2.60. The van der Waals surface area contributed by atoms with Crippen LogP contribution >= 0.6 is 0 Å². The van der Waals surface area contributed by atoms with Crippen LogP contribution in [-0.2, 0) is 0 Å². The van der Waals surface area contributed by atoms with E-state index in [9.17, 15) is 0 Å². The largest absolute Gasteiger partial charge is 0.335 e. The second-order valence-corrected chi connectivity index (χ2v) is 5.00. The summed E-state index contributed by atoms with van der Waals surface area (Å²) in [7, 11) is 0. The topological polar surface area (TPSA) is 59.5 Å². The number of piperidine rings is 1. The average Bonchev–Trinajstić information content (AvgIpc) is 2.81. The van der Waals surface area contributed by atoms with Crippen LogP contribution in [0, 0.1) is 6.92 Å². The Bertz CT molecular complexity index is 547. The lowest BCUT2D eigenvalue weighted by Gasteiger charge is -2.33. The SMILES string of the molecule is Cc1ccn2nc(N3CCCCC3CN)nc2c1. The first-order valence-corrected chi connectivity index (χ1v) is 6.57. The standard InChI is InChI=1S/C13H19N5/c1-10-5-7-18-12(8-10)15-13(16-18)17-6-3-2-4-11(17)9-14/h5,7-8,11H,2-4,6,9,14H2,1H3. The second kappa shape index (κ2) is 4.57. The van der Waals surface area contributed by atoms with Gasteiger partial charge in [-0.2, -0.15) is 4.98 Å². The number of pyridine rings is 1. The van der Waals surface area contributed by atoms with E-state index < -0.39 is 0 Å². The summed E-state index contributed by atoms with van der Waals surface area (Å²) in [5.74, 6) is 0.816. The quantitative estimate of drug-likeness (QED) is 0.867. The summed E-state index contributed by atoms with van der Waals surface area (Å²) < 4.78 is 1.84. The lowest BCUT2D eigenvalue weighted by molar-refractivity contribution is 0.458. The van der Waals surface area contributed by atoms with Crippen molar-refractivity contribution in [2.45, 2.75) is 32.2 Å². The predicted octanol–water partition coefficient (Wildman–Crippen LogP) is 1.36. The summed E-state index contributed by atoms with van der Waals surface area (Å²) in [4.78, 5) is 6.87. The van der Waals surface area contributed by atoms with Crippen LogP contribution in [-0.4, -0.2) is 33.7 Å². The number of hydrogen-bond acceptors (Lipinski definition) is 4. The van der Waals surface area contributed by atoms with Gasteiger partial charge in [0.2, 0.25) is 5.95 Å². The summed E-state index contributed by atoms with van der Waals surface area (Å²) >= 11 is 0. The Morgan fingerprint density at radius 3 is 3.17 bits per heavy atom. The van der Waals surface area contributed by atoms with Gasteiger partial charge in [0.15, 0.2) is 5.65 Å². The number of aryl methyl sites for hydroxylation is 1. The van der Waals surface area contributed by atoms with Crippen LogP contribution < -0.4 is 10.6 Å². The lowest BCUT2D eigenvalue weighted by atomic mass is 10.0. The third kappa shape index (κ3) is 1.95. The van der Waals surface area contributed by atoms with Gasteiger partial charge in [0.05, 0.1) is 0 Å². The van der Waals surface area contributed by atoms with Gasteiger partial charge in [-0.25, -0.2) is 4.52 Å². The van der Waals surface area contributed by atoms with Crippen LogP contribution in [0.3, 0.4) is 0 Å². The Kier molecular flexibility index (Phi) is 2.91. The molecular weight excluding hydrogens is 226 g/mol. The molecule has 1 aliphatic heterocycles. The fourth-order valence-corrected chi connectivity index (χ4v) is 2.60. The number of hydrogen-bond donors (Lipinski definition) is 1. The minimum absolute atomic E-state index is 0.386. The number of nitrogens with two attached hydrogens (primary N) is 1. The summed E-state index contributed by atoms with van der Waals surface area (Å²) in [6.07, 6.45) is 5.56. The van der Waals surface area contributed by atoms with Crippen LogP contribution in [0.1, 0.15) is 24.8 Å². The number of nitrogens with zero attached hydrogens (tertiary/aromatic N) is 4.